The largest absolute Gasteiger partial charge is 0.300 e. The number of benzene rings is 1. The zero-order valence-electron chi connectivity index (χ0n) is 26.8. The number of rotatable bonds is 15. The first kappa shape index (κ1) is 35.0. The summed E-state index contributed by atoms with van der Waals surface area (Å²) in [6.07, 6.45) is 10.9. The van der Waals surface area contributed by atoms with Crippen LogP contribution in [-0.4, -0.2) is 17.3 Å². The molecule has 3 atom stereocenters. The van der Waals surface area contributed by atoms with Gasteiger partial charge in [-0.25, -0.2) is 0 Å². The summed E-state index contributed by atoms with van der Waals surface area (Å²) in [5.41, 5.74) is 5.86. The third-order valence-electron chi connectivity index (χ3n) is 8.34. The van der Waals surface area contributed by atoms with Crippen LogP contribution >= 0.6 is 0 Å². The predicted octanol–water partition coefficient (Wildman–Crippen LogP) is 9.95. The summed E-state index contributed by atoms with van der Waals surface area (Å²) >= 11 is 0. The second kappa shape index (κ2) is 16.9. The van der Waals surface area contributed by atoms with Crippen LogP contribution in [0.2, 0.25) is 0 Å². The number of allylic oxidation sites excluding steroid dienone is 1. The number of ketones is 3. The number of hydrogen-bond donors (Lipinski definition) is 0. The van der Waals surface area contributed by atoms with E-state index in [0.717, 1.165) is 68.9 Å². The molecule has 1 aromatic rings. The van der Waals surface area contributed by atoms with Gasteiger partial charge in [-0.05, 0) is 93.2 Å². The van der Waals surface area contributed by atoms with E-state index in [1.165, 1.54) is 30.0 Å². The van der Waals surface area contributed by atoms with E-state index >= 15 is 0 Å². The Hall–Kier alpha value is -2.03. The van der Waals surface area contributed by atoms with E-state index < -0.39 is 0 Å². The van der Waals surface area contributed by atoms with Gasteiger partial charge in [-0.1, -0.05) is 84.9 Å². The molecular formula is C36H58O3. The molecule has 1 aromatic carbocycles. The number of carbonyl (C=O) groups excluding carboxylic acids is 3. The van der Waals surface area contributed by atoms with Gasteiger partial charge in [0.15, 0.2) is 5.78 Å². The minimum absolute atomic E-state index is 0.0307. The Balaban J connectivity index is 0.00000242. The highest BCUT2D eigenvalue weighted by Crippen LogP contribution is 2.40. The molecule has 0 saturated heterocycles. The Kier molecular flexibility index (Phi) is 15.2. The number of fused-ring (bicyclic) bond motifs is 1. The standard InChI is InChI=1S/C33H50O3.C3H8/c1-9-13-26(28(10-2)30(35)18-23(5)34)19-25-20-27-15-16-29(24(6)32(27)31(36)21-25)33(7,8)17-12-11-14-22(3)4;1-3-2/h15-16,25-26,28H,3,9-14,17-21H2,1-2,4-8H3;3H2,1-2H3. The molecular weight excluding hydrogens is 480 g/mol. The molecule has 0 aromatic heterocycles. The molecule has 0 spiro atoms. The lowest BCUT2D eigenvalue weighted by Gasteiger charge is -2.34. The first-order valence-electron chi connectivity index (χ1n) is 15.6. The molecule has 0 amide bonds. The maximum Gasteiger partial charge on any atom is 0.163 e. The van der Waals surface area contributed by atoms with Gasteiger partial charge in [0.25, 0.3) is 0 Å². The van der Waals surface area contributed by atoms with Crippen LogP contribution in [-0.2, 0) is 21.4 Å². The highest BCUT2D eigenvalue weighted by atomic mass is 16.1. The second-order valence-electron chi connectivity index (χ2n) is 12.9. The molecule has 2 rings (SSSR count). The average molecular weight is 539 g/mol. The summed E-state index contributed by atoms with van der Waals surface area (Å²) in [7, 11) is 0. The molecule has 3 unspecified atom stereocenters. The fourth-order valence-corrected chi connectivity index (χ4v) is 6.58. The van der Waals surface area contributed by atoms with Crippen molar-refractivity contribution in [1.29, 1.82) is 0 Å². The zero-order chi connectivity index (χ0) is 29.8. The first-order valence-corrected chi connectivity index (χ1v) is 15.6. The van der Waals surface area contributed by atoms with Gasteiger partial charge >= 0.3 is 0 Å². The van der Waals surface area contributed by atoms with E-state index in [-0.39, 0.29) is 46.9 Å². The Bertz CT molecular complexity index is 968. The quantitative estimate of drug-likeness (QED) is 0.127. The fraction of sp³-hybridized carbons (Fsp3) is 0.694. The maximum atomic E-state index is 13.5. The number of unbranched alkanes of at least 4 members (excludes halogenated alkanes) is 1. The molecule has 220 valence electrons. The molecule has 0 radical (unpaired) electrons. The van der Waals surface area contributed by atoms with E-state index in [2.05, 4.69) is 74.1 Å². The second-order valence-corrected chi connectivity index (χ2v) is 12.9. The molecule has 1 aliphatic carbocycles. The Morgan fingerprint density at radius 1 is 1.05 bits per heavy atom. The monoisotopic (exact) mass is 538 g/mol. The topological polar surface area (TPSA) is 51.2 Å². The first-order chi connectivity index (χ1) is 18.3. The lowest BCUT2D eigenvalue weighted by atomic mass is 9.70. The van der Waals surface area contributed by atoms with Crippen LogP contribution in [0, 0.1) is 24.7 Å². The summed E-state index contributed by atoms with van der Waals surface area (Å²) in [5.74, 6) is 0.709. The van der Waals surface area contributed by atoms with Crippen LogP contribution in [0.25, 0.3) is 0 Å². The maximum absolute atomic E-state index is 13.5. The van der Waals surface area contributed by atoms with Crippen molar-refractivity contribution >= 4 is 17.3 Å². The zero-order valence-corrected chi connectivity index (χ0v) is 26.8. The molecule has 0 aliphatic heterocycles. The number of carbonyl (C=O) groups is 3. The van der Waals surface area contributed by atoms with Crippen LogP contribution in [0.5, 0.6) is 0 Å². The number of hydrogen-bond acceptors (Lipinski definition) is 3. The molecule has 0 N–H and O–H groups in total. The predicted molar refractivity (Wildman–Crippen MR) is 167 cm³/mol. The normalized spacial score (nSPS) is 16.5. The van der Waals surface area contributed by atoms with Crippen molar-refractivity contribution in [2.24, 2.45) is 17.8 Å². The SMILES string of the molecule is C=C(C)CCCCC(C)(C)c1ccc2c(c1C)C(=O)CC(CC(CCC)C(CC)C(=O)CC(C)=O)C2.CCC. The van der Waals surface area contributed by atoms with Gasteiger partial charge in [0.1, 0.15) is 11.6 Å². The molecule has 0 saturated carbocycles. The lowest BCUT2D eigenvalue weighted by molar-refractivity contribution is -0.129. The van der Waals surface area contributed by atoms with Crippen LogP contribution < -0.4 is 0 Å². The minimum atomic E-state index is -0.0832. The van der Waals surface area contributed by atoms with Gasteiger partial charge in [0.05, 0.1) is 6.42 Å². The van der Waals surface area contributed by atoms with Crippen molar-refractivity contribution in [3.63, 3.8) is 0 Å². The summed E-state index contributed by atoms with van der Waals surface area (Å²) in [6, 6.07) is 4.46. The summed E-state index contributed by atoms with van der Waals surface area (Å²) < 4.78 is 0. The molecule has 0 heterocycles. The van der Waals surface area contributed by atoms with Crippen molar-refractivity contribution in [3.8, 4) is 0 Å². The summed E-state index contributed by atoms with van der Waals surface area (Å²) in [5, 5.41) is 0. The highest BCUT2D eigenvalue weighted by Gasteiger charge is 2.34. The van der Waals surface area contributed by atoms with Crippen molar-refractivity contribution in [2.75, 3.05) is 0 Å². The Morgan fingerprint density at radius 2 is 1.69 bits per heavy atom. The van der Waals surface area contributed by atoms with Gasteiger partial charge in [0, 0.05) is 17.9 Å². The van der Waals surface area contributed by atoms with Gasteiger partial charge in [0.2, 0.25) is 0 Å². The molecule has 0 fully saturated rings. The van der Waals surface area contributed by atoms with Crippen molar-refractivity contribution in [2.45, 2.75) is 145 Å². The minimum Gasteiger partial charge on any atom is -0.300 e. The summed E-state index contributed by atoms with van der Waals surface area (Å²) in [6.45, 7) is 22.8. The van der Waals surface area contributed by atoms with Crippen LogP contribution in [0.3, 0.4) is 0 Å². The summed E-state index contributed by atoms with van der Waals surface area (Å²) in [4.78, 5) is 37.9. The highest BCUT2D eigenvalue weighted by molar-refractivity contribution is 6.00. The van der Waals surface area contributed by atoms with Crippen molar-refractivity contribution in [3.05, 3.63) is 46.5 Å². The fourth-order valence-electron chi connectivity index (χ4n) is 6.58. The molecule has 3 heteroatoms. The van der Waals surface area contributed by atoms with Crippen LogP contribution in [0.15, 0.2) is 24.3 Å². The van der Waals surface area contributed by atoms with E-state index in [1.807, 2.05) is 0 Å². The molecule has 0 bridgehead atoms. The van der Waals surface area contributed by atoms with Crippen molar-refractivity contribution < 1.29 is 14.4 Å². The van der Waals surface area contributed by atoms with Gasteiger partial charge < -0.3 is 0 Å². The van der Waals surface area contributed by atoms with Gasteiger partial charge in [-0.2, -0.15) is 0 Å². The van der Waals surface area contributed by atoms with Gasteiger partial charge in [-0.15, -0.1) is 6.58 Å². The van der Waals surface area contributed by atoms with Crippen molar-refractivity contribution in [1.82, 2.24) is 0 Å². The van der Waals surface area contributed by atoms with E-state index in [9.17, 15) is 14.4 Å². The van der Waals surface area contributed by atoms with Crippen LogP contribution in [0.1, 0.15) is 153 Å². The molecule has 3 nitrogen and oxygen atoms in total. The molecule has 39 heavy (non-hydrogen) atoms. The average Bonchev–Trinajstić information content (AvgIpc) is 2.82. The van der Waals surface area contributed by atoms with E-state index in [4.69, 9.17) is 0 Å². The van der Waals surface area contributed by atoms with Crippen LogP contribution in [0.4, 0.5) is 0 Å². The number of Topliss-reactive ketones (excluding diaryl/α,β-unsaturated/α-hetero) is 3. The van der Waals surface area contributed by atoms with E-state index in [1.54, 1.807) is 0 Å². The van der Waals surface area contributed by atoms with E-state index in [0.29, 0.717) is 6.42 Å². The smallest absolute Gasteiger partial charge is 0.163 e. The molecule has 1 aliphatic rings. The lowest BCUT2D eigenvalue weighted by Crippen LogP contribution is -2.30. The van der Waals surface area contributed by atoms with Gasteiger partial charge in [-0.3, -0.25) is 14.4 Å². The Morgan fingerprint density at radius 3 is 2.23 bits per heavy atom. The Labute approximate surface area is 240 Å². The third-order valence-corrected chi connectivity index (χ3v) is 8.34. The third kappa shape index (κ3) is 10.8.